The van der Waals surface area contributed by atoms with Gasteiger partial charge in [-0.05, 0) is 42.0 Å². The van der Waals surface area contributed by atoms with Crippen molar-refractivity contribution in [2.24, 2.45) is 5.92 Å². The van der Waals surface area contributed by atoms with Crippen molar-refractivity contribution < 1.29 is 27.8 Å². The second-order valence-corrected chi connectivity index (χ2v) is 6.94. The topological polar surface area (TPSA) is 49.8 Å². The molecule has 1 fully saturated rings. The van der Waals surface area contributed by atoms with E-state index in [-0.39, 0.29) is 24.0 Å². The molecule has 7 heteroatoms. The molecule has 1 aliphatic heterocycles. The summed E-state index contributed by atoms with van der Waals surface area (Å²) in [5.41, 5.74) is 1.51. The van der Waals surface area contributed by atoms with Crippen molar-refractivity contribution in [1.82, 2.24) is 4.90 Å². The molecule has 0 saturated carbocycles. The molecule has 0 aromatic heterocycles. The fourth-order valence-corrected chi connectivity index (χ4v) is 3.48. The lowest BCUT2D eigenvalue weighted by atomic mass is 9.87. The van der Waals surface area contributed by atoms with Crippen molar-refractivity contribution in [1.29, 1.82) is 0 Å². The Morgan fingerprint density at radius 2 is 1.68 bits per heavy atom. The number of benzene rings is 2. The molecule has 1 unspecified atom stereocenters. The minimum Gasteiger partial charge on any atom is -0.406 e. The molecular formula is C21H22F3NO3. The summed E-state index contributed by atoms with van der Waals surface area (Å²) in [6.07, 6.45) is -3.73. The highest BCUT2D eigenvalue weighted by molar-refractivity contribution is 5.78. The first-order chi connectivity index (χ1) is 13.3. The van der Waals surface area contributed by atoms with E-state index in [1.165, 1.54) is 24.3 Å². The lowest BCUT2D eigenvalue weighted by Gasteiger charge is -2.34. The second kappa shape index (κ2) is 8.65. The Kier molecular flexibility index (Phi) is 6.24. The Balaban J connectivity index is 1.50. The van der Waals surface area contributed by atoms with Gasteiger partial charge in [-0.2, -0.15) is 0 Å². The highest BCUT2D eigenvalue weighted by atomic mass is 19.4. The van der Waals surface area contributed by atoms with E-state index >= 15 is 0 Å². The largest absolute Gasteiger partial charge is 0.573 e. The van der Waals surface area contributed by atoms with Gasteiger partial charge in [0, 0.05) is 13.1 Å². The monoisotopic (exact) mass is 393 g/mol. The van der Waals surface area contributed by atoms with Gasteiger partial charge >= 0.3 is 6.36 Å². The molecular weight excluding hydrogens is 371 g/mol. The van der Waals surface area contributed by atoms with E-state index in [2.05, 4.69) is 4.74 Å². The molecule has 0 radical (unpaired) electrons. The van der Waals surface area contributed by atoms with Gasteiger partial charge in [0.1, 0.15) is 5.75 Å². The molecule has 2 aromatic rings. The number of nitrogens with zero attached hydrogens (tertiary/aromatic N) is 1. The molecule has 0 aliphatic carbocycles. The van der Waals surface area contributed by atoms with Gasteiger partial charge in [0.25, 0.3) is 0 Å². The van der Waals surface area contributed by atoms with Crippen LogP contribution in [0.3, 0.4) is 0 Å². The van der Waals surface area contributed by atoms with Crippen LogP contribution in [0.25, 0.3) is 0 Å². The van der Waals surface area contributed by atoms with Gasteiger partial charge < -0.3 is 14.7 Å². The number of aliphatic hydroxyl groups is 1. The lowest BCUT2D eigenvalue weighted by molar-refractivity contribution is -0.274. The lowest BCUT2D eigenvalue weighted by Crippen LogP contribution is -2.40. The standard InChI is InChI=1S/C21H22F3NO3/c22-21(23,24)28-18-8-6-15(7-9-18)14-19(26)25-12-10-17(11-13-25)20(27)16-4-2-1-3-5-16/h1-9,17,20,27H,10-14H2. The number of halogens is 3. The number of rotatable bonds is 5. The molecule has 1 aliphatic rings. The zero-order valence-electron chi connectivity index (χ0n) is 15.2. The maximum absolute atomic E-state index is 12.5. The molecule has 1 heterocycles. The van der Waals surface area contributed by atoms with Gasteiger partial charge in [0.15, 0.2) is 0 Å². The highest BCUT2D eigenvalue weighted by Crippen LogP contribution is 2.31. The predicted octanol–water partition coefficient (Wildman–Crippen LogP) is 4.10. The Hall–Kier alpha value is -2.54. The van der Waals surface area contributed by atoms with Crippen molar-refractivity contribution in [3.05, 3.63) is 65.7 Å². The molecule has 150 valence electrons. The summed E-state index contributed by atoms with van der Waals surface area (Å²) in [5, 5.41) is 10.5. The summed E-state index contributed by atoms with van der Waals surface area (Å²) in [7, 11) is 0. The van der Waals surface area contributed by atoms with E-state index in [1.807, 2.05) is 30.3 Å². The number of likely N-dealkylation sites (tertiary alicyclic amines) is 1. The molecule has 0 spiro atoms. The quantitative estimate of drug-likeness (QED) is 0.832. The summed E-state index contributed by atoms with van der Waals surface area (Å²) in [4.78, 5) is 14.2. The summed E-state index contributed by atoms with van der Waals surface area (Å²) in [5.74, 6) is -0.276. The first-order valence-corrected chi connectivity index (χ1v) is 9.17. The van der Waals surface area contributed by atoms with Gasteiger partial charge in [-0.15, -0.1) is 13.2 Å². The number of carbonyl (C=O) groups is 1. The number of amides is 1. The van der Waals surface area contributed by atoms with Crippen molar-refractivity contribution in [2.75, 3.05) is 13.1 Å². The zero-order valence-corrected chi connectivity index (χ0v) is 15.2. The molecule has 1 saturated heterocycles. The third-order valence-corrected chi connectivity index (χ3v) is 4.99. The minimum absolute atomic E-state index is 0.0721. The number of alkyl halides is 3. The van der Waals surface area contributed by atoms with Gasteiger partial charge in [0.05, 0.1) is 12.5 Å². The fraction of sp³-hybridized carbons (Fsp3) is 0.381. The SMILES string of the molecule is O=C(Cc1ccc(OC(F)(F)F)cc1)N1CCC(C(O)c2ccccc2)CC1. The average molecular weight is 393 g/mol. The fourth-order valence-electron chi connectivity index (χ4n) is 3.48. The number of hydrogen-bond acceptors (Lipinski definition) is 3. The maximum Gasteiger partial charge on any atom is 0.573 e. The maximum atomic E-state index is 12.5. The van der Waals surface area contributed by atoms with Crippen molar-refractivity contribution in [2.45, 2.75) is 31.7 Å². The molecule has 3 rings (SSSR count). The van der Waals surface area contributed by atoms with E-state index in [0.717, 1.165) is 5.56 Å². The van der Waals surface area contributed by atoms with E-state index < -0.39 is 12.5 Å². The number of ether oxygens (including phenoxy) is 1. The molecule has 1 N–H and O–H groups in total. The van der Waals surface area contributed by atoms with Crippen LogP contribution in [-0.4, -0.2) is 35.4 Å². The van der Waals surface area contributed by atoms with Crippen LogP contribution in [-0.2, 0) is 11.2 Å². The zero-order chi connectivity index (χ0) is 20.1. The van der Waals surface area contributed by atoms with E-state index in [1.54, 1.807) is 4.90 Å². The smallest absolute Gasteiger partial charge is 0.406 e. The van der Waals surface area contributed by atoms with Crippen LogP contribution in [0, 0.1) is 5.92 Å². The van der Waals surface area contributed by atoms with E-state index in [0.29, 0.717) is 31.5 Å². The van der Waals surface area contributed by atoms with Gasteiger partial charge in [-0.3, -0.25) is 4.79 Å². The van der Waals surface area contributed by atoms with E-state index in [9.17, 15) is 23.1 Å². The second-order valence-electron chi connectivity index (χ2n) is 6.94. The van der Waals surface area contributed by atoms with Crippen LogP contribution >= 0.6 is 0 Å². The molecule has 28 heavy (non-hydrogen) atoms. The minimum atomic E-state index is -4.73. The Morgan fingerprint density at radius 3 is 2.25 bits per heavy atom. The van der Waals surface area contributed by atoms with Crippen LogP contribution in [0.1, 0.15) is 30.1 Å². The molecule has 1 amide bonds. The molecule has 2 aromatic carbocycles. The molecule has 1 atom stereocenters. The third-order valence-electron chi connectivity index (χ3n) is 4.99. The first-order valence-electron chi connectivity index (χ1n) is 9.17. The number of carbonyl (C=O) groups excluding carboxylic acids is 1. The predicted molar refractivity (Wildman–Crippen MR) is 97.5 cm³/mol. The Labute approximate surface area is 161 Å². The number of piperidine rings is 1. The summed E-state index contributed by atoms with van der Waals surface area (Å²) >= 11 is 0. The van der Waals surface area contributed by atoms with Crippen molar-refractivity contribution in [3.8, 4) is 5.75 Å². The van der Waals surface area contributed by atoms with Crippen LogP contribution in [0.5, 0.6) is 5.75 Å². The Morgan fingerprint density at radius 1 is 1.07 bits per heavy atom. The van der Waals surface area contributed by atoms with Crippen LogP contribution in [0.2, 0.25) is 0 Å². The molecule has 0 bridgehead atoms. The summed E-state index contributed by atoms with van der Waals surface area (Å²) in [6, 6.07) is 14.8. The van der Waals surface area contributed by atoms with Crippen molar-refractivity contribution >= 4 is 5.91 Å². The number of hydrogen-bond donors (Lipinski definition) is 1. The van der Waals surface area contributed by atoms with E-state index in [4.69, 9.17) is 0 Å². The first kappa shape index (κ1) is 20.2. The van der Waals surface area contributed by atoms with Crippen LogP contribution in [0.15, 0.2) is 54.6 Å². The highest BCUT2D eigenvalue weighted by Gasteiger charge is 2.31. The van der Waals surface area contributed by atoms with Gasteiger partial charge in [-0.1, -0.05) is 42.5 Å². The Bertz CT molecular complexity index is 770. The summed E-state index contributed by atoms with van der Waals surface area (Å²) in [6.45, 7) is 1.12. The molecule has 4 nitrogen and oxygen atoms in total. The van der Waals surface area contributed by atoms with Crippen LogP contribution < -0.4 is 4.74 Å². The average Bonchev–Trinajstić information content (AvgIpc) is 2.68. The van der Waals surface area contributed by atoms with Gasteiger partial charge in [0.2, 0.25) is 5.91 Å². The third kappa shape index (κ3) is 5.48. The van der Waals surface area contributed by atoms with Crippen LogP contribution in [0.4, 0.5) is 13.2 Å². The van der Waals surface area contributed by atoms with Crippen molar-refractivity contribution in [3.63, 3.8) is 0 Å². The van der Waals surface area contributed by atoms with Gasteiger partial charge in [-0.25, -0.2) is 0 Å². The summed E-state index contributed by atoms with van der Waals surface area (Å²) < 4.78 is 40.4. The normalized spacial score (nSPS) is 16.6. The number of aliphatic hydroxyl groups excluding tert-OH is 1.